The molecule has 2 rings (SSSR count). The first-order valence-electron chi connectivity index (χ1n) is 6.84. The number of nitrogens with zero attached hydrogens (tertiary/aromatic N) is 2. The Hall–Kier alpha value is -2.11. The summed E-state index contributed by atoms with van der Waals surface area (Å²) < 4.78 is 0. The normalized spacial score (nSPS) is 18.1. The maximum absolute atomic E-state index is 11.8. The maximum atomic E-state index is 11.8. The fourth-order valence-electron chi connectivity index (χ4n) is 2.56. The van der Waals surface area contributed by atoms with E-state index in [-0.39, 0.29) is 18.4 Å². The molecule has 0 radical (unpaired) electrons. The van der Waals surface area contributed by atoms with Crippen LogP contribution in [0.25, 0.3) is 0 Å². The third kappa shape index (κ3) is 3.26. The molecule has 0 spiro atoms. The number of hydrogen-bond acceptors (Lipinski definition) is 4. The summed E-state index contributed by atoms with van der Waals surface area (Å²) in [5.74, 6) is -0.997. The number of carbonyl (C=O) groups excluding carboxylic acids is 1. The number of carboxylic acid groups (broad SMARTS) is 1. The van der Waals surface area contributed by atoms with Crippen LogP contribution in [0.4, 0.5) is 5.69 Å². The van der Waals surface area contributed by atoms with Crippen LogP contribution in [-0.4, -0.2) is 41.1 Å². The summed E-state index contributed by atoms with van der Waals surface area (Å²) in [6, 6.07) is 3.55. The van der Waals surface area contributed by atoms with Crippen molar-refractivity contribution < 1.29 is 14.7 Å². The Morgan fingerprint density at radius 1 is 1.55 bits per heavy atom. The van der Waals surface area contributed by atoms with Gasteiger partial charge in [0.05, 0.1) is 6.42 Å². The lowest BCUT2D eigenvalue weighted by Gasteiger charge is -2.25. The molecule has 1 aromatic heterocycles. The van der Waals surface area contributed by atoms with E-state index in [1.165, 1.54) is 0 Å². The van der Waals surface area contributed by atoms with Crippen LogP contribution in [0, 0.1) is 0 Å². The highest BCUT2D eigenvalue weighted by Crippen LogP contribution is 2.27. The Morgan fingerprint density at radius 2 is 2.35 bits per heavy atom. The van der Waals surface area contributed by atoms with Crippen LogP contribution in [-0.2, 0) is 4.79 Å². The van der Waals surface area contributed by atoms with E-state index in [9.17, 15) is 9.59 Å². The average Bonchev–Trinajstić information content (AvgIpc) is 2.86. The van der Waals surface area contributed by atoms with E-state index in [1.807, 2.05) is 13.0 Å². The van der Waals surface area contributed by atoms with Crippen molar-refractivity contribution in [1.29, 1.82) is 0 Å². The van der Waals surface area contributed by atoms with Crippen LogP contribution < -0.4 is 10.2 Å². The second-order valence-electron chi connectivity index (χ2n) is 4.85. The quantitative estimate of drug-likeness (QED) is 0.847. The predicted octanol–water partition coefficient (Wildman–Crippen LogP) is 1.27. The molecule has 0 aromatic carbocycles. The van der Waals surface area contributed by atoms with E-state index < -0.39 is 5.97 Å². The lowest BCUT2D eigenvalue weighted by Crippen LogP contribution is -2.31. The zero-order valence-electron chi connectivity index (χ0n) is 11.5. The van der Waals surface area contributed by atoms with E-state index in [1.54, 1.807) is 12.3 Å². The zero-order chi connectivity index (χ0) is 14.5. The second-order valence-corrected chi connectivity index (χ2v) is 4.85. The Kier molecular flexibility index (Phi) is 4.55. The maximum Gasteiger partial charge on any atom is 0.305 e. The van der Waals surface area contributed by atoms with E-state index in [2.05, 4.69) is 15.2 Å². The smallest absolute Gasteiger partial charge is 0.305 e. The van der Waals surface area contributed by atoms with Gasteiger partial charge in [0, 0.05) is 31.0 Å². The molecule has 0 bridgehead atoms. The van der Waals surface area contributed by atoms with Gasteiger partial charge in [-0.15, -0.1) is 0 Å². The fraction of sp³-hybridized carbons (Fsp3) is 0.500. The minimum atomic E-state index is -0.792. The van der Waals surface area contributed by atoms with Gasteiger partial charge in [0.1, 0.15) is 5.69 Å². The van der Waals surface area contributed by atoms with Crippen molar-refractivity contribution in [3.8, 4) is 0 Å². The van der Waals surface area contributed by atoms with Gasteiger partial charge in [0.15, 0.2) is 0 Å². The van der Waals surface area contributed by atoms with E-state index in [4.69, 9.17) is 5.11 Å². The summed E-state index contributed by atoms with van der Waals surface area (Å²) in [5.41, 5.74) is 1.23. The molecule has 1 fully saturated rings. The van der Waals surface area contributed by atoms with Gasteiger partial charge in [-0.2, -0.15) is 0 Å². The lowest BCUT2D eigenvalue weighted by molar-refractivity contribution is -0.137. The fourth-order valence-corrected chi connectivity index (χ4v) is 2.56. The summed E-state index contributed by atoms with van der Waals surface area (Å²) in [6.45, 7) is 3.22. The first-order valence-corrected chi connectivity index (χ1v) is 6.84. The number of carbonyl (C=O) groups is 2. The molecular weight excluding hydrogens is 258 g/mol. The lowest BCUT2D eigenvalue weighted by atomic mass is 10.1. The van der Waals surface area contributed by atoms with Crippen molar-refractivity contribution >= 4 is 17.6 Å². The highest BCUT2D eigenvalue weighted by Gasteiger charge is 2.27. The first kappa shape index (κ1) is 14.3. The molecule has 0 aliphatic carbocycles. The molecule has 2 heterocycles. The van der Waals surface area contributed by atoms with Crippen molar-refractivity contribution in [2.24, 2.45) is 0 Å². The number of anilines is 1. The molecule has 1 atom stereocenters. The number of pyridine rings is 1. The van der Waals surface area contributed by atoms with E-state index in [0.717, 1.165) is 25.1 Å². The van der Waals surface area contributed by atoms with Crippen molar-refractivity contribution in [2.45, 2.75) is 32.2 Å². The highest BCUT2D eigenvalue weighted by atomic mass is 16.4. The molecule has 1 unspecified atom stereocenters. The Balaban J connectivity index is 2.17. The van der Waals surface area contributed by atoms with Gasteiger partial charge in [0.2, 0.25) is 0 Å². The second kappa shape index (κ2) is 6.36. The van der Waals surface area contributed by atoms with Gasteiger partial charge in [-0.3, -0.25) is 14.6 Å². The number of hydrogen-bond donors (Lipinski definition) is 2. The monoisotopic (exact) mass is 277 g/mol. The molecular formula is C14H19N3O3. The number of amides is 1. The van der Waals surface area contributed by atoms with Crippen LogP contribution in [0.3, 0.4) is 0 Å². The van der Waals surface area contributed by atoms with Gasteiger partial charge in [0.25, 0.3) is 5.91 Å². The topological polar surface area (TPSA) is 82.5 Å². The summed E-state index contributed by atoms with van der Waals surface area (Å²) in [5, 5.41) is 11.7. The van der Waals surface area contributed by atoms with Crippen molar-refractivity contribution in [1.82, 2.24) is 10.3 Å². The third-order valence-electron chi connectivity index (χ3n) is 3.43. The first-order chi connectivity index (χ1) is 9.61. The molecule has 6 heteroatoms. The SMILES string of the molecule is CCNC(=O)c1cc(N2CCCC2CC(=O)O)ccn1. The molecule has 6 nitrogen and oxygen atoms in total. The molecule has 1 aliphatic heterocycles. The minimum Gasteiger partial charge on any atom is -0.481 e. The Bertz CT molecular complexity index is 504. The van der Waals surface area contributed by atoms with Gasteiger partial charge in [-0.25, -0.2) is 0 Å². The summed E-state index contributed by atoms with van der Waals surface area (Å²) >= 11 is 0. The van der Waals surface area contributed by atoms with Crippen LogP contribution in [0.2, 0.25) is 0 Å². The zero-order valence-corrected chi connectivity index (χ0v) is 11.5. The number of carboxylic acids is 1. The molecule has 1 saturated heterocycles. The van der Waals surface area contributed by atoms with Crippen LogP contribution in [0.5, 0.6) is 0 Å². The Morgan fingerprint density at radius 3 is 3.05 bits per heavy atom. The van der Waals surface area contributed by atoms with Crippen LogP contribution in [0.15, 0.2) is 18.3 Å². The molecule has 20 heavy (non-hydrogen) atoms. The standard InChI is InChI=1S/C14H19N3O3/c1-2-15-14(20)12-8-11(5-6-16-12)17-7-3-4-10(17)9-13(18)19/h5-6,8,10H,2-4,7,9H2,1H3,(H,15,20)(H,18,19). The molecule has 1 amide bonds. The minimum absolute atomic E-state index is 0.00279. The largest absolute Gasteiger partial charge is 0.481 e. The van der Waals surface area contributed by atoms with E-state index in [0.29, 0.717) is 12.2 Å². The van der Waals surface area contributed by atoms with E-state index >= 15 is 0 Å². The molecule has 0 saturated carbocycles. The summed E-state index contributed by atoms with van der Waals surface area (Å²) in [4.78, 5) is 28.8. The molecule has 1 aromatic rings. The van der Waals surface area contributed by atoms with Gasteiger partial charge < -0.3 is 15.3 Å². The number of aromatic nitrogens is 1. The predicted molar refractivity (Wildman–Crippen MR) is 74.9 cm³/mol. The van der Waals surface area contributed by atoms with Crippen LogP contribution in [0.1, 0.15) is 36.7 Å². The number of aliphatic carboxylic acids is 1. The van der Waals surface area contributed by atoms with Crippen molar-refractivity contribution in [2.75, 3.05) is 18.0 Å². The van der Waals surface area contributed by atoms with Gasteiger partial charge in [-0.1, -0.05) is 0 Å². The molecule has 108 valence electrons. The third-order valence-corrected chi connectivity index (χ3v) is 3.43. The molecule has 1 aliphatic rings. The van der Waals surface area contributed by atoms with Crippen molar-refractivity contribution in [3.63, 3.8) is 0 Å². The van der Waals surface area contributed by atoms with Crippen LogP contribution >= 0.6 is 0 Å². The highest BCUT2D eigenvalue weighted by molar-refractivity contribution is 5.93. The number of rotatable bonds is 5. The van der Waals surface area contributed by atoms with Gasteiger partial charge >= 0.3 is 5.97 Å². The molecule has 2 N–H and O–H groups in total. The Labute approximate surface area is 117 Å². The number of nitrogens with one attached hydrogen (secondary N) is 1. The van der Waals surface area contributed by atoms with Crippen molar-refractivity contribution in [3.05, 3.63) is 24.0 Å². The average molecular weight is 277 g/mol. The van der Waals surface area contributed by atoms with Gasteiger partial charge in [-0.05, 0) is 31.9 Å². The summed E-state index contributed by atoms with van der Waals surface area (Å²) in [7, 11) is 0. The summed E-state index contributed by atoms with van der Waals surface area (Å²) in [6.07, 6.45) is 3.55.